The molecule has 68 valence electrons. The van der Waals surface area contributed by atoms with E-state index in [-0.39, 0.29) is 5.69 Å². The van der Waals surface area contributed by atoms with E-state index in [1.54, 1.807) is 12.1 Å². The first-order chi connectivity index (χ1) is 6.27. The van der Waals surface area contributed by atoms with Crippen LogP contribution >= 0.6 is 0 Å². The minimum atomic E-state index is -0.393. The zero-order valence-electron chi connectivity index (χ0n) is 6.82. The molecule has 1 aliphatic rings. The monoisotopic (exact) mass is 180 g/mol. The fraction of sp³-hybridized carbons (Fsp3) is 0.250. The first kappa shape index (κ1) is 8.15. The van der Waals surface area contributed by atoms with Crippen molar-refractivity contribution in [2.75, 3.05) is 0 Å². The van der Waals surface area contributed by atoms with Gasteiger partial charge in [0.15, 0.2) is 0 Å². The number of nitrogens with one attached hydrogen (secondary N) is 1. The van der Waals surface area contributed by atoms with E-state index >= 15 is 0 Å². The van der Waals surface area contributed by atoms with Crippen LogP contribution in [-0.2, 0) is 18.0 Å². The standard InChI is InChI=1S/C8H8N2O3/c11-10(12)8-2-1-6-5-13-9-4-7(6)3-8/h1-3,9H,4-5H2. The van der Waals surface area contributed by atoms with Gasteiger partial charge in [0.25, 0.3) is 5.69 Å². The van der Waals surface area contributed by atoms with Gasteiger partial charge in [-0.25, -0.2) is 0 Å². The molecule has 0 aromatic heterocycles. The number of hydrogen-bond acceptors (Lipinski definition) is 4. The lowest BCUT2D eigenvalue weighted by atomic mass is 10.1. The molecule has 0 aliphatic carbocycles. The average molecular weight is 180 g/mol. The van der Waals surface area contributed by atoms with E-state index in [2.05, 4.69) is 5.48 Å². The van der Waals surface area contributed by atoms with Crippen molar-refractivity contribution in [2.45, 2.75) is 13.2 Å². The van der Waals surface area contributed by atoms with Gasteiger partial charge in [0.2, 0.25) is 0 Å². The molecule has 0 fully saturated rings. The van der Waals surface area contributed by atoms with Crippen molar-refractivity contribution >= 4 is 5.69 Å². The molecule has 5 nitrogen and oxygen atoms in total. The highest BCUT2D eigenvalue weighted by atomic mass is 16.6. The second kappa shape index (κ2) is 3.12. The number of hydrogen-bond donors (Lipinski definition) is 1. The van der Waals surface area contributed by atoms with Gasteiger partial charge in [-0.15, -0.1) is 0 Å². The van der Waals surface area contributed by atoms with E-state index in [1.807, 2.05) is 0 Å². The minimum Gasteiger partial charge on any atom is -0.297 e. The molecule has 0 saturated carbocycles. The number of nitro groups is 1. The van der Waals surface area contributed by atoms with E-state index in [9.17, 15) is 10.1 Å². The van der Waals surface area contributed by atoms with Gasteiger partial charge in [0, 0.05) is 18.7 Å². The zero-order valence-corrected chi connectivity index (χ0v) is 6.82. The van der Waals surface area contributed by atoms with Gasteiger partial charge in [-0.1, -0.05) is 0 Å². The molecule has 1 heterocycles. The Balaban J connectivity index is 2.40. The van der Waals surface area contributed by atoms with E-state index in [0.717, 1.165) is 11.1 Å². The van der Waals surface area contributed by atoms with Crippen LogP contribution in [-0.4, -0.2) is 4.92 Å². The van der Waals surface area contributed by atoms with Crippen LogP contribution in [0.2, 0.25) is 0 Å². The number of benzene rings is 1. The second-order valence-corrected chi connectivity index (χ2v) is 2.82. The predicted molar refractivity (Wildman–Crippen MR) is 44.7 cm³/mol. The molecule has 1 aliphatic heterocycles. The van der Waals surface area contributed by atoms with Gasteiger partial charge in [-0.05, 0) is 17.2 Å². The van der Waals surface area contributed by atoms with Crippen molar-refractivity contribution in [1.82, 2.24) is 5.48 Å². The molecule has 1 aromatic carbocycles. The average Bonchev–Trinajstić information content (AvgIpc) is 2.17. The van der Waals surface area contributed by atoms with Crippen LogP contribution in [0.4, 0.5) is 5.69 Å². The normalized spacial score (nSPS) is 15.1. The lowest BCUT2D eigenvalue weighted by molar-refractivity contribution is -0.385. The van der Waals surface area contributed by atoms with Crippen LogP contribution in [0.15, 0.2) is 18.2 Å². The van der Waals surface area contributed by atoms with Gasteiger partial charge < -0.3 is 0 Å². The molecule has 0 radical (unpaired) electrons. The summed E-state index contributed by atoms with van der Waals surface area (Å²) < 4.78 is 0. The minimum absolute atomic E-state index is 0.127. The molecule has 0 amide bonds. The van der Waals surface area contributed by atoms with E-state index in [4.69, 9.17) is 4.84 Å². The van der Waals surface area contributed by atoms with Crippen molar-refractivity contribution in [2.24, 2.45) is 0 Å². The zero-order chi connectivity index (χ0) is 9.26. The summed E-state index contributed by atoms with van der Waals surface area (Å²) >= 11 is 0. The molecule has 1 N–H and O–H groups in total. The molecule has 0 unspecified atom stereocenters. The van der Waals surface area contributed by atoms with E-state index in [1.165, 1.54) is 6.07 Å². The number of nitrogens with zero attached hydrogens (tertiary/aromatic N) is 1. The highest BCUT2D eigenvalue weighted by molar-refractivity contribution is 5.40. The molecule has 0 atom stereocenters. The maximum atomic E-state index is 10.4. The quantitative estimate of drug-likeness (QED) is 0.519. The van der Waals surface area contributed by atoms with Gasteiger partial charge in [0.1, 0.15) is 0 Å². The Kier molecular flexibility index (Phi) is 1.96. The Bertz CT molecular complexity index is 351. The molecule has 2 rings (SSSR count). The fourth-order valence-electron chi connectivity index (χ4n) is 1.29. The fourth-order valence-corrected chi connectivity index (χ4v) is 1.29. The van der Waals surface area contributed by atoms with Crippen LogP contribution < -0.4 is 5.48 Å². The van der Waals surface area contributed by atoms with Gasteiger partial charge >= 0.3 is 0 Å². The van der Waals surface area contributed by atoms with Crippen LogP contribution in [0.5, 0.6) is 0 Å². The Labute approximate surface area is 74.4 Å². The Morgan fingerprint density at radius 3 is 3.08 bits per heavy atom. The molecule has 5 heteroatoms. The Morgan fingerprint density at radius 2 is 2.31 bits per heavy atom. The lowest BCUT2D eigenvalue weighted by Gasteiger charge is -2.15. The highest BCUT2D eigenvalue weighted by Crippen LogP contribution is 2.20. The maximum absolute atomic E-state index is 10.4. The number of nitro benzene ring substituents is 1. The van der Waals surface area contributed by atoms with Gasteiger partial charge in [0.05, 0.1) is 11.5 Å². The summed E-state index contributed by atoms with van der Waals surface area (Å²) in [7, 11) is 0. The summed E-state index contributed by atoms with van der Waals surface area (Å²) in [6.07, 6.45) is 0. The largest absolute Gasteiger partial charge is 0.297 e. The summed E-state index contributed by atoms with van der Waals surface area (Å²) in [6.45, 7) is 0.990. The van der Waals surface area contributed by atoms with Crippen LogP contribution in [0.1, 0.15) is 11.1 Å². The van der Waals surface area contributed by atoms with Crippen molar-refractivity contribution in [3.63, 3.8) is 0 Å². The molecule has 13 heavy (non-hydrogen) atoms. The van der Waals surface area contributed by atoms with Crippen LogP contribution in [0.25, 0.3) is 0 Å². The Morgan fingerprint density at radius 1 is 1.46 bits per heavy atom. The first-order valence-corrected chi connectivity index (χ1v) is 3.88. The SMILES string of the molecule is O=[N+]([O-])c1ccc2c(c1)CNOC2. The third kappa shape index (κ3) is 1.51. The van der Waals surface area contributed by atoms with Crippen molar-refractivity contribution in [1.29, 1.82) is 0 Å². The third-order valence-electron chi connectivity index (χ3n) is 1.99. The van der Waals surface area contributed by atoms with Crippen LogP contribution in [0.3, 0.4) is 0 Å². The summed E-state index contributed by atoms with van der Waals surface area (Å²) in [5, 5.41) is 10.4. The summed E-state index contributed by atoms with van der Waals surface area (Å²) in [6, 6.07) is 4.80. The Hall–Kier alpha value is -1.46. The number of fused-ring (bicyclic) bond motifs is 1. The molecular weight excluding hydrogens is 172 g/mol. The van der Waals surface area contributed by atoms with Gasteiger partial charge in [-0.3, -0.25) is 15.0 Å². The molecule has 0 bridgehead atoms. The summed E-state index contributed by atoms with van der Waals surface area (Å²) in [5.41, 5.74) is 4.75. The molecular formula is C8H8N2O3. The maximum Gasteiger partial charge on any atom is 0.269 e. The topological polar surface area (TPSA) is 64.4 Å². The summed E-state index contributed by atoms with van der Waals surface area (Å²) in [5.74, 6) is 0. The first-order valence-electron chi connectivity index (χ1n) is 3.88. The molecule has 0 saturated heterocycles. The number of non-ortho nitro benzene ring substituents is 1. The molecule has 1 aromatic rings. The van der Waals surface area contributed by atoms with Crippen molar-refractivity contribution in [3.8, 4) is 0 Å². The van der Waals surface area contributed by atoms with E-state index in [0.29, 0.717) is 13.2 Å². The van der Waals surface area contributed by atoms with Crippen molar-refractivity contribution < 1.29 is 9.76 Å². The van der Waals surface area contributed by atoms with Gasteiger partial charge in [-0.2, -0.15) is 5.48 Å². The molecule has 0 spiro atoms. The van der Waals surface area contributed by atoms with E-state index < -0.39 is 4.92 Å². The lowest BCUT2D eigenvalue weighted by Crippen LogP contribution is -2.21. The highest BCUT2D eigenvalue weighted by Gasteiger charge is 2.13. The van der Waals surface area contributed by atoms with Crippen LogP contribution in [0, 0.1) is 10.1 Å². The predicted octanol–water partition coefficient (Wildman–Crippen LogP) is 1.13. The number of hydroxylamine groups is 1. The summed E-state index contributed by atoms with van der Waals surface area (Å²) in [4.78, 5) is 15.0. The smallest absolute Gasteiger partial charge is 0.269 e. The second-order valence-electron chi connectivity index (χ2n) is 2.82. The van der Waals surface area contributed by atoms with Crippen molar-refractivity contribution in [3.05, 3.63) is 39.4 Å². The number of rotatable bonds is 1. The third-order valence-corrected chi connectivity index (χ3v) is 1.99.